The Bertz CT molecular complexity index is 596. The number of hydrogen-bond donors (Lipinski definition) is 1. The summed E-state index contributed by atoms with van der Waals surface area (Å²) in [4.78, 5) is 34.7. The molecule has 2 rings (SSSR count). The van der Waals surface area contributed by atoms with Gasteiger partial charge in [0, 0.05) is 17.7 Å². The number of nitro benzene ring substituents is 1. The summed E-state index contributed by atoms with van der Waals surface area (Å²) in [6.45, 7) is -0.413. The van der Waals surface area contributed by atoms with Crippen molar-refractivity contribution in [2.75, 3.05) is 13.7 Å². The van der Waals surface area contributed by atoms with Crippen LogP contribution in [0.1, 0.15) is 23.2 Å². The van der Waals surface area contributed by atoms with Crippen molar-refractivity contribution in [3.8, 4) is 5.75 Å². The molecule has 1 amide bonds. The van der Waals surface area contributed by atoms with Gasteiger partial charge < -0.3 is 14.7 Å². The smallest absolute Gasteiger partial charge is 0.323 e. The highest BCUT2D eigenvalue weighted by Crippen LogP contribution is 2.31. The van der Waals surface area contributed by atoms with Gasteiger partial charge in [0.15, 0.2) is 5.75 Å². The summed E-state index contributed by atoms with van der Waals surface area (Å²) in [6.07, 6.45) is 1.49. The van der Waals surface area contributed by atoms with Gasteiger partial charge in [-0.05, 0) is 25.0 Å². The fraction of sp³-hybridized carbons (Fsp3) is 0.385. The molecular weight excluding hydrogens is 280 g/mol. The van der Waals surface area contributed by atoms with E-state index < -0.39 is 23.3 Å². The monoisotopic (exact) mass is 294 g/mol. The minimum absolute atomic E-state index is 0.0488. The first-order valence-corrected chi connectivity index (χ1v) is 6.29. The van der Waals surface area contributed by atoms with Gasteiger partial charge in [0.05, 0.1) is 12.0 Å². The third-order valence-electron chi connectivity index (χ3n) is 3.18. The summed E-state index contributed by atoms with van der Waals surface area (Å²) in [5.74, 6) is -1.59. The zero-order chi connectivity index (χ0) is 15.6. The molecule has 21 heavy (non-hydrogen) atoms. The van der Waals surface area contributed by atoms with E-state index in [4.69, 9.17) is 9.84 Å². The summed E-state index contributed by atoms with van der Waals surface area (Å²) in [5, 5.41) is 19.8. The summed E-state index contributed by atoms with van der Waals surface area (Å²) in [7, 11) is 1.30. The van der Waals surface area contributed by atoms with Crippen molar-refractivity contribution in [1.29, 1.82) is 0 Å². The van der Waals surface area contributed by atoms with Crippen LogP contribution in [0.3, 0.4) is 0 Å². The van der Waals surface area contributed by atoms with Gasteiger partial charge in [0.2, 0.25) is 0 Å². The number of carboxylic acid groups (broad SMARTS) is 1. The molecule has 0 heterocycles. The second-order valence-corrected chi connectivity index (χ2v) is 4.70. The first kappa shape index (κ1) is 14.8. The summed E-state index contributed by atoms with van der Waals surface area (Å²) in [5.41, 5.74) is -0.245. The predicted molar refractivity (Wildman–Crippen MR) is 71.3 cm³/mol. The Morgan fingerprint density at radius 3 is 2.62 bits per heavy atom. The van der Waals surface area contributed by atoms with Crippen molar-refractivity contribution in [2.24, 2.45) is 0 Å². The van der Waals surface area contributed by atoms with E-state index in [1.807, 2.05) is 0 Å². The summed E-state index contributed by atoms with van der Waals surface area (Å²) in [6, 6.07) is 3.73. The van der Waals surface area contributed by atoms with Crippen LogP contribution in [0.2, 0.25) is 0 Å². The van der Waals surface area contributed by atoms with E-state index in [-0.39, 0.29) is 23.0 Å². The van der Waals surface area contributed by atoms with Gasteiger partial charge in [-0.3, -0.25) is 19.7 Å². The van der Waals surface area contributed by atoms with Crippen LogP contribution < -0.4 is 4.74 Å². The molecule has 0 spiro atoms. The number of rotatable bonds is 6. The van der Waals surface area contributed by atoms with Crippen molar-refractivity contribution in [2.45, 2.75) is 18.9 Å². The average Bonchev–Trinajstić information content (AvgIpc) is 3.27. The fourth-order valence-electron chi connectivity index (χ4n) is 2.03. The normalized spacial score (nSPS) is 13.6. The Hall–Kier alpha value is -2.64. The molecule has 1 aliphatic carbocycles. The molecule has 0 aliphatic heterocycles. The number of hydrogen-bond acceptors (Lipinski definition) is 5. The topological polar surface area (TPSA) is 110 Å². The van der Waals surface area contributed by atoms with Gasteiger partial charge >= 0.3 is 11.7 Å². The third kappa shape index (κ3) is 3.28. The van der Waals surface area contributed by atoms with Gasteiger partial charge in [-0.2, -0.15) is 0 Å². The number of carboxylic acids is 1. The molecule has 1 saturated carbocycles. The second kappa shape index (κ2) is 5.78. The minimum Gasteiger partial charge on any atom is -0.490 e. The van der Waals surface area contributed by atoms with E-state index in [1.165, 1.54) is 24.1 Å². The molecule has 0 radical (unpaired) electrons. The molecule has 1 aliphatic rings. The second-order valence-electron chi connectivity index (χ2n) is 4.70. The Kier molecular flexibility index (Phi) is 4.06. The number of amides is 1. The molecule has 1 aromatic rings. The van der Waals surface area contributed by atoms with Crippen LogP contribution in [-0.4, -0.2) is 46.5 Å². The van der Waals surface area contributed by atoms with Crippen molar-refractivity contribution in [3.63, 3.8) is 0 Å². The maximum atomic E-state index is 12.3. The number of nitro groups is 1. The van der Waals surface area contributed by atoms with Gasteiger partial charge in [0.1, 0.15) is 6.54 Å². The molecule has 0 atom stereocenters. The number of carbonyl (C=O) groups is 2. The van der Waals surface area contributed by atoms with E-state index in [0.29, 0.717) is 0 Å². The lowest BCUT2D eigenvalue weighted by Gasteiger charge is -2.20. The maximum absolute atomic E-state index is 12.3. The number of carbonyl (C=O) groups excluding carboxylic acids is 1. The lowest BCUT2D eigenvalue weighted by Crippen LogP contribution is -2.37. The average molecular weight is 294 g/mol. The van der Waals surface area contributed by atoms with Crippen LogP contribution in [0.4, 0.5) is 5.69 Å². The fourth-order valence-corrected chi connectivity index (χ4v) is 2.03. The van der Waals surface area contributed by atoms with Crippen molar-refractivity contribution in [3.05, 3.63) is 33.9 Å². The highest BCUT2D eigenvalue weighted by molar-refractivity contribution is 5.97. The number of aliphatic carboxylic acids is 1. The van der Waals surface area contributed by atoms with E-state index in [1.54, 1.807) is 0 Å². The van der Waals surface area contributed by atoms with E-state index in [0.717, 1.165) is 18.9 Å². The van der Waals surface area contributed by atoms with Gasteiger partial charge in [-0.25, -0.2) is 0 Å². The molecule has 112 valence electrons. The summed E-state index contributed by atoms with van der Waals surface area (Å²) < 4.78 is 4.87. The van der Waals surface area contributed by atoms with Crippen LogP contribution in [-0.2, 0) is 4.79 Å². The first-order chi connectivity index (χ1) is 9.93. The number of benzene rings is 1. The lowest BCUT2D eigenvalue weighted by molar-refractivity contribution is -0.385. The number of nitrogens with zero attached hydrogens (tertiary/aromatic N) is 2. The minimum atomic E-state index is -1.11. The zero-order valence-electron chi connectivity index (χ0n) is 11.3. The van der Waals surface area contributed by atoms with E-state index in [9.17, 15) is 19.7 Å². The first-order valence-electron chi connectivity index (χ1n) is 6.29. The van der Waals surface area contributed by atoms with E-state index in [2.05, 4.69) is 0 Å². The van der Waals surface area contributed by atoms with Crippen molar-refractivity contribution < 1.29 is 24.4 Å². The maximum Gasteiger partial charge on any atom is 0.323 e. The van der Waals surface area contributed by atoms with Crippen LogP contribution >= 0.6 is 0 Å². The number of methoxy groups -OCH3 is 1. The molecule has 8 heteroatoms. The van der Waals surface area contributed by atoms with Gasteiger partial charge in [-0.15, -0.1) is 0 Å². The molecular formula is C13H14N2O6. The number of ether oxygens (including phenoxy) is 1. The lowest BCUT2D eigenvalue weighted by atomic mass is 10.1. The molecule has 0 aromatic heterocycles. The van der Waals surface area contributed by atoms with Crippen LogP contribution in [0.5, 0.6) is 5.75 Å². The van der Waals surface area contributed by atoms with Crippen LogP contribution in [0, 0.1) is 10.1 Å². The van der Waals surface area contributed by atoms with Crippen molar-refractivity contribution in [1.82, 2.24) is 4.90 Å². The quantitative estimate of drug-likeness (QED) is 0.625. The van der Waals surface area contributed by atoms with Crippen LogP contribution in [0.15, 0.2) is 18.2 Å². The SMILES string of the molecule is COc1ccc(C(=O)N(CC(=O)O)C2CC2)cc1[N+](=O)[O-]. The standard InChI is InChI=1S/C13H14N2O6/c1-21-11-5-2-8(6-10(11)15(19)20)13(18)14(7-12(16)17)9-3-4-9/h2,5-6,9H,3-4,7H2,1H3,(H,16,17). The Morgan fingerprint density at radius 2 is 2.14 bits per heavy atom. The molecule has 0 bridgehead atoms. The van der Waals surface area contributed by atoms with Crippen molar-refractivity contribution >= 4 is 17.6 Å². The highest BCUT2D eigenvalue weighted by Gasteiger charge is 2.35. The van der Waals surface area contributed by atoms with E-state index >= 15 is 0 Å². The van der Waals surface area contributed by atoms with Gasteiger partial charge in [-0.1, -0.05) is 0 Å². The summed E-state index contributed by atoms with van der Waals surface area (Å²) >= 11 is 0. The molecule has 0 unspecified atom stereocenters. The Morgan fingerprint density at radius 1 is 1.48 bits per heavy atom. The predicted octanol–water partition coefficient (Wildman–Crippen LogP) is 1.29. The Labute approximate surface area is 120 Å². The largest absolute Gasteiger partial charge is 0.490 e. The molecule has 1 aromatic carbocycles. The van der Waals surface area contributed by atoms with Crippen LogP contribution in [0.25, 0.3) is 0 Å². The molecule has 1 fully saturated rings. The van der Waals surface area contributed by atoms with Gasteiger partial charge in [0.25, 0.3) is 5.91 Å². The molecule has 1 N–H and O–H groups in total. The zero-order valence-corrected chi connectivity index (χ0v) is 11.3. The molecule has 0 saturated heterocycles. The third-order valence-corrected chi connectivity index (χ3v) is 3.18. The Balaban J connectivity index is 2.31. The molecule has 8 nitrogen and oxygen atoms in total. The highest BCUT2D eigenvalue weighted by atomic mass is 16.6.